The van der Waals surface area contributed by atoms with Crippen molar-refractivity contribution in [1.29, 1.82) is 0 Å². The minimum Gasteiger partial charge on any atom is -0.397 e. The molecule has 0 saturated heterocycles. The van der Waals surface area contributed by atoms with Crippen molar-refractivity contribution in [3.63, 3.8) is 0 Å². The van der Waals surface area contributed by atoms with E-state index in [4.69, 9.17) is 5.73 Å². The van der Waals surface area contributed by atoms with Crippen molar-refractivity contribution in [3.8, 4) is 0 Å². The minimum atomic E-state index is 0.723. The third kappa shape index (κ3) is 3.19. The van der Waals surface area contributed by atoms with Crippen molar-refractivity contribution < 1.29 is 0 Å². The lowest BCUT2D eigenvalue weighted by Gasteiger charge is -2.01. The molecule has 2 aromatic rings. The molecule has 0 saturated carbocycles. The van der Waals surface area contributed by atoms with Crippen LogP contribution in [0.5, 0.6) is 0 Å². The van der Waals surface area contributed by atoms with Crippen LogP contribution in [0.1, 0.15) is 33.3 Å². The SMILES string of the molecule is CC.CC.Cc1cnc2cccnc2c1N. The first kappa shape index (κ1) is 14.4. The molecule has 0 aromatic carbocycles. The van der Waals surface area contributed by atoms with E-state index in [9.17, 15) is 0 Å². The highest BCUT2D eigenvalue weighted by Gasteiger charge is 2.01. The summed E-state index contributed by atoms with van der Waals surface area (Å²) in [5, 5.41) is 0. The summed E-state index contributed by atoms with van der Waals surface area (Å²) in [6.07, 6.45) is 3.49. The number of rotatable bonds is 0. The Morgan fingerprint density at radius 1 is 1.06 bits per heavy atom. The molecule has 2 N–H and O–H groups in total. The molecule has 2 rings (SSSR count). The second-order valence-corrected chi connectivity index (χ2v) is 2.73. The van der Waals surface area contributed by atoms with Crippen molar-refractivity contribution in [2.45, 2.75) is 34.6 Å². The quantitative estimate of drug-likeness (QED) is 0.737. The van der Waals surface area contributed by atoms with Crippen LogP contribution in [-0.4, -0.2) is 9.97 Å². The van der Waals surface area contributed by atoms with Gasteiger partial charge in [0, 0.05) is 12.4 Å². The first-order valence-corrected chi connectivity index (χ1v) is 5.75. The van der Waals surface area contributed by atoms with E-state index in [2.05, 4.69) is 9.97 Å². The maximum Gasteiger partial charge on any atom is 0.112 e. The largest absolute Gasteiger partial charge is 0.397 e. The van der Waals surface area contributed by atoms with Gasteiger partial charge in [0.2, 0.25) is 0 Å². The van der Waals surface area contributed by atoms with E-state index in [1.807, 2.05) is 46.8 Å². The summed E-state index contributed by atoms with van der Waals surface area (Å²) < 4.78 is 0. The summed E-state index contributed by atoms with van der Waals surface area (Å²) in [6, 6.07) is 3.75. The third-order valence-electron chi connectivity index (χ3n) is 1.86. The van der Waals surface area contributed by atoms with Gasteiger partial charge < -0.3 is 5.73 Å². The van der Waals surface area contributed by atoms with Gasteiger partial charge in [-0.2, -0.15) is 0 Å². The van der Waals surface area contributed by atoms with E-state index in [0.717, 1.165) is 22.3 Å². The van der Waals surface area contributed by atoms with E-state index >= 15 is 0 Å². The van der Waals surface area contributed by atoms with E-state index in [1.165, 1.54) is 0 Å². The van der Waals surface area contributed by atoms with Crippen LogP contribution in [0.2, 0.25) is 0 Å². The second-order valence-electron chi connectivity index (χ2n) is 2.73. The van der Waals surface area contributed by atoms with Gasteiger partial charge in [0.1, 0.15) is 5.52 Å². The van der Waals surface area contributed by atoms with Gasteiger partial charge >= 0.3 is 0 Å². The number of aryl methyl sites for hydroxylation is 1. The molecule has 16 heavy (non-hydrogen) atoms. The molecular formula is C13H21N3. The van der Waals surface area contributed by atoms with Crippen LogP contribution < -0.4 is 5.73 Å². The summed E-state index contributed by atoms with van der Waals surface area (Å²) in [5.74, 6) is 0. The summed E-state index contributed by atoms with van der Waals surface area (Å²) >= 11 is 0. The standard InChI is InChI=1S/C9H9N3.2C2H6/c1-6-5-12-7-3-2-4-11-9(7)8(6)10;2*1-2/h2-5H,1H3,(H2,10,12);2*1-2H3. The highest BCUT2D eigenvalue weighted by molar-refractivity contribution is 5.87. The average molecular weight is 219 g/mol. The minimum absolute atomic E-state index is 0.723. The fourth-order valence-corrected chi connectivity index (χ4v) is 1.13. The van der Waals surface area contributed by atoms with Gasteiger partial charge in [-0.05, 0) is 24.6 Å². The van der Waals surface area contributed by atoms with E-state index in [1.54, 1.807) is 12.4 Å². The van der Waals surface area contributed by atoms with Gasteiger partial charge in [-0.25, -0.2) is 0 Å². The number of aromatic nitrogens is 2. The van der Waals surface area contributed by atoms with Crippen LogP contribution in [0.4, 0.5) is 5.69 Å². The lowest BCUT2D eigenvalue weighted by atomic mass is 10.2. The first-order valence-electron chi connectivity index (χ1n) is 5.75. The Morgan fingerprint density at radius 2 is 1.69 bits per heavy atom. The van der Waals surface area contributed by atoms with Crippen molar-refractivity contribution in [2.75, 3.05) is 5.73 Å². The Hall–Kier alpha value is -1.64. The molecular weight excluding hydrogens is 198 g/mol. The number of hydrogen-bond donors (Lipinski definition) is 1. The van der Waals surface area contributed by atoms with Crippen LogP contribution in [-0.2, 0) is 0 Å². The molecule has 0 radical (unpaired) electrons. The maximum atomic E-state index is 5.82. The van der Waals surface area contributed by atoms with E-state index < -0.39 is 0 Å². The number of nitrogens with zero attached hydrogens (tertiary/aromatic N) is 2. The van der Waals surface area contributed by atoms with Crippen molar-refractivity contribution in [1.82, 2.24) is 9.97 Å². The molecule has 0 unspecified atom stereocenters. The predicted molar refractivity (Wildman–Crippen MR) is 71.4 cm³/mol. The molecule has 0 fully saturated rings. The molecule has 0 aliphatic carbocycles. The zero-order chi connectivity index (χ0) is 12.6. The van der Waals surface area contributed by atoms with Crippen LogP contribution >= 0.6 is 0 Å². The molecule has 3 nitrogen and oxygen atoms in total. The maximum absolute atomic E-state index is 5.82. The molecule has 0 aliphatic rings. The van der Waals surface area contributed by atoms with Crippen molar-refractivity contribution >= 4 is 16.7 Å². The molecule has 0 aliphatic heterocycles. The zero-order valence-electron chi connectivity index (χ0n) is 10.8. The van der Waals surface area contributed by atoms with Gasteiger partial charge in [0.05, 0.1) is 11.2 Å². The molecule has 2 heterocycles. The zero-order valence-corrected chi connectivity index (χ0v) is 10.8. The Kier molecular flexibility index (Phi) is 6.84. The number of nitrogen functional groups attached to an aromatic ring is 1. The monoisotopic (exact) mass is 219 g/mol. The average Bonchev–Trinajstić information content (AvgIpc) is 2.39. The lowest BCUT2D eigenvalue weighted by Crippen LogP contribution is -1.94. The van der Waals surface area contributed by atoms with Crippen LogP contribution in [0.25, 0.3) is 11.0 Å². The molecule has 2 aromatic heterocycles. The number of anilines is 1. The fraction of sp³-hybridized carbons (Fsp3) is 0.385. The van der Waals surface area contributed by atoms with Gasteiger partial charge in [-0.15, -0.1) is 0 Å². The normalized spacial score (nSPS) is 8.56. The number of hydrogen-bond acceptors (Lipinski definition) is 3. The predicted octanol–water partition coefficient (Wildman–Crippen LogP) is 3.57. The highest BCUT2D eigenvalue weighted by atomic mass is 14.8. The molecule has 0 spiro atoms. The van der Waals surface area contributed by atoms with Crippen LogP contribution in [0.15, 0.2) is 24.5 Å². The number of fused-ring (bicyclic) bond motifs is 1. The summed E-state index contributed by atoms with van der Waals surface area (Å²) in [6.45, 7) is 9.93. The molecule has 88 valence electrons. The highest BCUT2D eigenvalue weighted by Crippen LogP contribution is 2.18. The Balaban J connectivity index is 0.000000509. The topological polar surface area (TPSA) is 51.8 Å². The Bertz CT molecular complexity index is 424. The van der Waals surface area contributed by atoms with E-state index in [0.29, 0.717) is 0 Å². The van der Waals surface area contributed by atoms with Gasteiger partial charge in [0.25, 0.3) is 0 Å². The van der Waals surface area contributed by atoms with Gasteiger partial charge in [-0.1, -0.05) is 27.7 Å². The first-order chi connectivity index (χ1) is 7.79. The Labute approximate surface area is 97.7 Å². The van der Waals surface area contributed by atoms with E-state index in [-0.39, 0.29) is 0 Å². The summed E-state index contributed by atoms with van der Waals surface area (Å²) in [4.78, 5) is 8.35. The number of pyridine rings is 2. The summed E-state index contributed by atoms with van der Waals surface area (Å²) in [5.41, 5.74) is 9.15. The number of nitrogens with two attached hydrogens (primary N) is 1. The smallest absolute Gasteiger partial charge is 0.112 e. The van der Waals surface area contributed by atoms with Crippen LogP contribution in [0, 0.1) is 6.92 Å². The second kappa shape index (κ2) is 7.63. The van der Waals surface area contributed by atoms with Crippen molar-refractivity contribution in [3.05, 3.63) is 30.1 Å². The molecule has 0 amide bonds. The van der Waals surface area contributed by atoms with Crippen molar-refractivity contribution in [2.24, 2.45) is 0 Å². The summed E-state index contributed by atoms with van der Waals surface area (Å²) in [7, 11) is 0. The van der Waals surface area contributed by atoms with Crippen LogP contribution in [0.3, 0.4) is 0 Å². The van der Waals surface area contributed by atoms with Gasteiger partial charge in [-0.3, -0.25) is 9.97 Å². The third-order valence-corrected chi connectivity index (χ3v) is 1.86. The van der Waals surface area contributed by atoms with Gasteiger partial charge in [0.15, 0.2) is 0 Å². The fourth-order valence-electron chi connectivity index (χ4n) is 1.13. The lowest BCUT2D eigenvalue weighted by molar-refractivity contribution is 1.29. The molecule has 0 atom stereocenters. The molecule has 0 bridgehead atoms. The molecule has 3 heteroatoms. The Morgan fingerprint density at radius 3 is 2.31 bits per heavy atom.